The first-order chi connectivity index (χ1) is 11.8. The summed E-state index contributed by atoms with van der Waals surface area (Å²) in [6.45, 7) is 3.47. The molecule has 0 spiro atoms. The minimum Gasteiger partial charge on any atom is -0.497 e. The second kappa shape index (κ2) is 7.68. The fraction of sp³-hybridized carbons (Fsp3) is 0.333. The number of methoxy groups -OCH3 is 1. The monoisotopic (exact) mass is 326 g/mol. The molecule has 2 amide bonds. The third-order valence-electron chi connectivity index (χ3n) is 4.13. The SMILES string of the molecule is COc1cccc(N2CCN(C(=O)NCc3ccccn3)CC2)c1. The molecule has 126 valence electrons. The lowest BCUT2D eigenvalue weighted by molar-refractivity contribution is 0.194. The van der Waals surface area contributed by atoms with Gasteiger partial charge in [0, 0.05) is 44.1 Å². The molecule has 0 bridgehead atoms. The fourth-order valence-corrected chi connectivity index (χ4v) is 2.76. The van der Waals surface area contributed by atoms with Crippen LogP contribution in [-0.2, 0) is 6.54 Å². The number of ether oxygens (including phenoxy) is 1. The summed E-state index contributed by atoms with van der Waals surface area (Å²) in [5, 5.41) is 2.93. The summed E-state index contributed by atoms with van der Waals surface area (Å²) < 4.78 is 5.27. The van der Waals surface area contributed by atoms with Crippen LogP contribution in [0.1, 0.15) is 5.69 Å². The first kappa shape index (κ1) is 16.1. The number of carbonyl (C=O) groups excluding carboxylic acids is 1. The summed E-state index contributed by atoms with van der Waals surface area (Å²) in [6.07, 6.45) is 1.73. The van der Waals surface area contributed by atoms with E-state index in [4.69, 9.17) is 4.74 Å². The lowest BCUT2D eigenvalue weighted by atomic mass is 10.2. The number of carbonyl (C=O) groups is 1. The zero-order valence-corrected chi connectivity index (χ0v) is 13.8. The Labute approximate surface area is 142 Å². The number of hydrogen-bond donors (Lipinski definition) is 1. The number of hydrogen-bond acceptors (Lipinski definition) is 4. The molecule has 1 saturated heterocycles. The average Bonchev–Trinajstić information content (AvgIpc) is 2.67. The summed E-state index contributed by atoms with van der Waals surface area (Å²) in [4.78, 5) is 20.6. The molecule has 1 aromatic carbocycles. The van der Waals surface area contributed by atoms with E-state index in [1.807, 2.05) is 41.3 Å². The van der Waals surface area contributed by atoms with E-state index in [1.165, 1.54) is 0 Å². The van der Waals surface area contributed by atoms with Gasteiger partial charge in [0.25, 0.3) is 0 Å². The maximum absolute atomic E-state index is 12.3. The zero-order valence-electron chi connectivity index (χ0n) is 13.8. The predicted molar refractivity (Wildman–Crippen MR) is 93.3 cm³/mol. The molecule has 1 aromatic heterocycles. The molecule has 1 N–H and O–H groups in total. The quantitative estimate of drug-likeness (QED) is 0.935. The Balaban J connectivity index is 1.50. The van der Waals surface area contributed by atoms with Crippen LogP contribution in [0.2, 0.25) is 0 Å². The molecular weight excluding hydrogens is 304 g/mol. The number of urea groups is 1. The van der Waals surface area contributed by atoms with Crippen LogP contribution in [0.15, 0.2) is 48.7 Å². The molecular formula is C18H22N4O2. The second-order valence-corrected chi connectivity index (χ2v) is 5.66. The molecule has 1 fully saturated rings. The van der Waals surface area contributed by atoms with Gasteiger partial charge in [-0.25, -0.2) is 4.79 Å². The van der Waals surface area contributed by atoms with E-state index in [2.05, 4.69) is 21.3 Å². The van der Waals surface area contributed by atoms with Gasteiger partial charge in [0.2, 0.25) is 0 Å². The molecule has 0 radical (unpaired) electrons. The Morgan fingerprint density at radius 3 is 2.71 bits per heavy atom. The average molecular weight is 326 g/mol. The number of nitrogens with one attached hydrogen (secondary N) is 1. The molecule has 0 atom stereocenters. The van der Waals surface area contributed by atoms with Gasteiger partial charge in [-0.05, 0) is 24.3 Å². The second-order valence-electron chi connectivity index (χ2n) is 5.66. The van der Waals surface area contributed by atoms with E-state index >= 15 is 0 Å². The Kier molecular flexibility index (Phi) is 5.15. The van der Waals surface area contributed by atoms with E-state index in [-0.39, 0.29) is 6.03 Å². The minimum atomic E-state index is -0.0362. The van der Waals surface area contributed by atoms with Gasteiger partial charge in [0.05, 0.1) is 19.3 Å². The highest BCUT2D eigenvalue weighted by molar-refractivity contribution is 5.74. The van der Waals surface area contributed by atoms with Gasteiger partial charge in [-0.3, -0.25) is 4.98 Å². The smallest absolute Gasteiger partial charge is 0.317 e. The number of pyridine rings is 1. The van der Waals surface area contributed by atoms with Crippen LogP contribution in [0.4, 0.5) is 10.5 Å². The van der Waals surface area contributed by atoms with Gasteiger partial charge >= 0.3 is 6.03 Å². The highest BCUT2D eigenvalue weighted by Gasteiger charge is 2.21. The van der Waals surface area contributed by atoms with Gasteiger partial charge in [-0.2, -0.15) is 0 Å². The van der Waals surface area contributed by atoms with Crippen molar-refractivity contribution in [1.82, 2.24) is 15.2 Å². The molecule has 2 heterocycles. The van der Waals surface area contributed by atoms with Crippen molar-refractivity contribution >= 4 is 11.7 Å². The normalized spacial score (nSPS) is 14.4. The predicted octanol–water partition coefficient (Wildman–Crippen LogP) is 2.12. The number of aromatic nitrogens is 1. The van der Waals surface area contributed by atoms with Crippen LogP contribution in [0.3, 0.4) is 0 Å². The Hall–Kier alpha value is -2.76. The summed E-state index contributed by atoms with van der Waals surface area (Å²) in [7, 11) is 1.67. The van der Waals surface area contributed by atoms with Crippen LogP contribution < -0.4 is 15.0 Å². The molecule has 0 unspecified atom stereocenters. The Morgan fingerprint density at radius 1 is 1.17 bits per heavy atom. The number of nitrogens with zero attached hydrogens (tertiary/aromatic N) is 3. The fourth-order valence-electron chi connectivity index (χ4n) is 2.76. The van der Waals surface area contributed by atoms with Crippen LogP contribution in [0.5, 0.6) is 5.75 Å². The van der Waals surface area contributed by atoms with Crippen LogP contribution in [-0.4, -0.2) is 49.2 Å². The first-order valence-electron chi connectivity index (χ1n) is 8.08. The van der Waals surface area contributed by atoms with E-state index in [0.717, 1.165) is 30.2 Å². The third kappa shape index (κ3) is 3.95. The summed E-state index contributed by atoms with van der Waals surface area (Å²) in [6, 6.07) is 13.7. The molecule has 0 aliphatic carbocycles. The van der Waals surface area contributed by atoms with Crippen molar-refractivity contribution in [2.75, 3.05) is 38.2 Å². The molecule has 24 heavy (non-hydrogen) atoms. The van der Waals surface area contributed by atoms with Crippen molar-refractivity contribution in [2.45, 2.75) is 6.54 Å². The summed E-state index contributed by atoms with van der Waals surface area (Å²) in [5.41, 5.74) is 1.99. The van der Waals surface area contributed by atoms with Crippen LogP contribution >= 0.6 is 0 Å². The molecule has 1 aliphatic heterocycles. The molecule has 6 heteroatoms. The lowest BCUT2D eigenvalue weighted by Crippen LogP contribution is -2.51. The molecule has 2 aromatic rings. The molecule has 6 nitrogen and oxygen atoms in total. The molecule has 3 rings (SSSR count). The van der Waals surface area contributed by atoms with Gasteiger partial charge in [0.15, 0.2) is 0 Å². The Bertz CT molecular complexity index is 670. The van der Waals surface area contributed by atoms with Crippen LogP contribution in [0, 0.1) is 0 Å². The van der Waals surface area contributed by atoms with Gasteiger partial charge in [0.1, 0.15) is 5.75 Å². The minimum absolute atomic E-state index is 0.0362. The first-order valence-corrected chi connectivity index (χ1v) is 8.08. The van der Waals surface area contributed by atoms with Gasteiger partial charge < -0.3 is 19.9 Å². The van der Waals surface area contributed by atoms with Gasteiger partial charge in [-0.1, -0.05) is 12.1 Å². The topological polar surface area (TPSA) is 57.7 Å². The van der Waals surface area contributed by atoms with Crippen molar-refractivity contribution < 1.29 is 9.53 Å². The van der Waals surface area contributed by atoms with Crippen molar-refractivity contribution in [3.63, 3.8) is 0 Å². The maximum atomic E-state index is 12.3. The highest BCUT2D eigenvalue weighted by atomic mass is 16.5. The van der Waals surface area contributed by atoms with Crippen LogP contribution in [0.25, 0.3) is 0 Å². The summed E-state index contributed by atoms with van der Waals surface area (Å²) >= 11 is 0. The summed E-state index contributed by atoms with van der Waals surface area (Å²) in [5.74, 6) is 0.850. The Morgan fingerprint density at radius 2 is 2.00 bits per heavy atom. The van der Waals surface area contributed by atoms with Crippen molar-refractivity contribution in [1.29, 1.82) is 0 Å². The molecule has 1 aliphatic rings. The largest absolute Gasteiger partial charge is 0.497 e. The van der Waals surface area contributed by atoms with Crippen molar-refractivity contribution in [3.8, 4) is 5.75 Å². The zero-order chi connectivity index (χ0) is 16.8. The van der Waals surface area contributed by atoms with Gasteiger partial charge in [-0.15, -0.1) is 0 Å². The van der Waals surface area contributed by atoms with E-state index in [0.29, 0.717) is 19.6 Å². The van der Waals surface area contributed by atoms with E-state index < -0.39 is 0 Å². The number of anilines is 1. The number of rotatable bonds is 4. The van der Waals surface area contributed by atoms with E-state index in [1.54, 1.807) is 13.3 Å². The third-order valence-corrected chi connectivity index (χ3v) is 4.13. The number of amides is 2. The van der Waals surface area contributed by atoms with Crippen molar-refractivity contribution in [2.24, 2.45) is 0 Å². The van der Waals surface area contributed by atoms with Crippen molar-refractivity contribution in [3.05, 3.63) is 54.4 Å². The molecule has 0 saturated carbocycles. The maximum Gasteiger partial charge on any atom is 0.317 e. The van der Waals surface area contributed by atoms with E-state index in [9.17, 15) is 4.79 Å². The number of benzene rings is 1. The number of piperazine rings is 1. The lowest BCUT2D eigenvalue weighted by Gasteiger charge is -2.36. The highest BCUT2D eigenvalue weighted by Crippen LogP contribution is 2.22. The standard InChI is InChI=1S/C18H22N4O2/c1-24-17-7-4-6-16(13-17)21-9-11-22(12-10-21)18(23)20-14-15-5-2-3-8-19-15/h2-8,13H,9-12,14H2,1H3,(H,20,23).